The lowest BCUT2D eigenvalue weighted by Crippen LogP contribution is -1.98. The Morgan fingerprint density at radius 2 is 1.93 bits per heavy atom. The van der Waals surface area contributed by atoms with Gasteiger partial charge in [-0.15, -0.1) is 0 Å². The minimum absolute atomic E-state index is 0.497. The molecule has 0 aromatic rings. The van der Waals surface area contributed by atoms with Crippen molar-refractivity contribution in [3.63, 3.8) is 0 Å². The summed E-state index contributed by atoms with van der Waals surface area (Å²) in [6.07, 6.45) is 5.85. The third kappa shape index (κ3) is 6.85. The zero-order valence-corrected chi connectivity index (χ0v) is 10.6. The van der Waals surface area contributed by atoms with Crippen molar-refractivity contribution in [1.82, 2.24) is 0 Å². The number of unbranched alkanes of at least 4 members (excludes halogenated alkanes) is 3. The molecule has 0 radical (unpaired) electrons. The highest BCUT2D eigenvalue weighted by Crippen LogP contribution is 2.58. The van der Waals surface area contributed by atoms with Gasteiger partial charge in [-0.1, -0.05) is 12.8 Å². The normalized spacial score (nSPS) is 15.4. The van der Waals surface area contributed by atoms with Crippen molar-refractivity contribution in [3.8, 4) is 0 Å². The standard InChI is InChI=1S/C8H20NO3PS/c1-11-13(10,14-2)12-8-6-4-3-5-7-9/h3-9H2,1-2H3. The van der Waals surface area contributed by atoms with Crippen LogP contribution in [0.4, 0.5) is 0 Å². The zero-order valence-electron chi connectivity index (χ0n) is 8.90. The highest BCUT2D eigenvalue weighted by atomic mass is 32.7. The number of hydrogen-bond donors (Lipinski definition) is 1. The van der Waals surface area contributed by atoms with Crippen molar-refractivity contribution in [3.05, 3.63) is 0 Å². The molecule has 86 valence electrons. The van der Waals surface area contributed by atoms with E-state index in [4.69, 9.17) is 14.8 Å². The van der Waals surface area contributed by atoms with Crippen molar-refractivity contribution in [1.29, 1.82) is 0 Å². The third-order valence-electron chi connectivity index (χ3n) is 1.80. The predicted molar refractivity (Wildman–Crippen MR) is 61.6 cm³/mol. The summed E-state index contributed by atoms with van der Waals surface area (Å²) in [5, 5.41) is 0. The molecule has 0 aromatic heterocycles. The van der Waals surface area contributed by atoms with E-state index in [0.717, 1.165) is 43.6 Å². The molecule has 0 rings (SSSR count). The molecule has 6 heteroatoms. The molecule has 0 aromatic carbocycles. The van der Waals surface area contributed by atoms with Crippen LogP contribution in [0.15, 0.2) is 0 Å². The van der Waals surface area contributed by atoms with E-state index in [1.807, 2.05) is 0 Å². The first-order chi connectivity index (χ1) is 6.68. The highest BCUT2D eigenvalue weighted by molar-refractivity contribution is 8.54. The van der Waals surface area contributed by atoms with E-state index in [0.29, 0.717) is 6.61 Å². The number of rotatable bonds is 9. The van der Waals surface area contributed by atoms with E-state index in [1.54, 1.807) is 6.26 Å². The average Bonchev–Trinajstić information content (AvgIpc) is 2.23. The van der Waals surface area contributed by atoms with Crippen LogP contribution >= 0.6 is 18.2 Å². The minimum Gasteiger partial charge on any atom is -0.330 e. The Bertz CT molecular complexity index is 172. The van der Waals surface area contributed by atoms with Crippen LogP contribution in [-0.2, 0) is 13.6 Å². The molecule has 0 fully saturated rings. The molecule has 0 heterocycles. The summed E-state index contributed by atoms with van der Waals surface area (Å²) >= 11 is 1.13. The highest BCUT2D eigenvalue weighted by Gasteiger charge is 2.20. The predicted octanol–water partition coefficient (Wildman–Crippen LogP) is 2.64. The summed E-state index contributed by atoms with van der Waals surface area (Å²) in [6, 6.07) is 0. The first kappa shape index (κ1) is 14.5. The summed E-state index contributed by atoms with van der Waals surface area (Å²) in [4.78, 5) is 0. The van der Waals surface area contributed by atoms with Gasteiger partial charge in [0.1, 0.15) is 0 Å². The Labute approximate surface area is 90.2 Å². The second kappa shape index (κ2) is 8.74. The fourth-order valence-corrected chi connectivity index (χ4v) is 2.66. The van der Waals surface area contributed by atoms with Crippen LogP contribution in [0.25, 0.3) is 0 Å². The second-order valence-corrected chi connectivity index (χ2v) is 7.17. The van der Waals surface area contributed by atoms with Crippen LogP contribution in [0.3, 0.4) is 0 Å². The minimum atomic E-state index is -2.84. The Kier molecular flexibility index (Phi) is 9.03. The van der Waals surface area contributed by atoms with Gasteiger partial charge in [-0.25, -0.2) is 4.57 Å². The van der Waals surface area contributed by atoms with Crippen LogP contribution in [0.2, 0.25) is 0 Å². The number of hydrogen-bond acceptors (Lipinski definition) is 5. The van der Waals surface area contributed by atoms with Gasteiger partial charge < -0.3 is 14.8 Å². The Morgan fingerprint density at radius 3 is 2.43 bits per heavy atom. The van der Waals surface area contributed by atoms with Crippen LogP contribution < -0.4 is 5.73 Å². The maximum Gasteiger partial charge on any atom is 0.388 e. The third-order valence-corrected chi connectivity index (χ3v) is 5.29. The first-order valence-electron chi connectivity index (χ1n) is 4.74. The molecular formula is C8H20NO3PS. The topological polar surface area (TPSA) is 61.5 Å². The van der Waals surface area contributed by atoms with Gasteiger partial charge in [0, 0.05) is 7.11 Å². The lowest BCUT2D eigenvalue weighted by molar-refractivity contribution is 0.244. The van der Waals surface area contributed by atoms with Gasteiger partial charge in [0.15, 0.2) is 0 Å². The largest absolute Gasteiger partial charge is 0.388 e. The monoisotopic (exact) mass is 241 g/mol. The van der Waals surface area contributed by atoms with Gasteiger partial charge in [0.25, 0.3) is 0 Å². The second-order valence-electron chi connectivity index (χ2n) is 2.85. The van der Waals surface area contributed by atoms with E-state index >= 15 is 0 Å². The molecule has 0 spiro atoms. The van der Waals surface area contributed by atoms with E-state index < -0.39 is 6.80 Å². The zero-order chi connectivity index (χ0) is 10.9. The lowest BCUT2D eigenvalue weighted by atomic mass is 10.2. The van der Waals surface area contributed by atoms with Crippen molar-refractivity contribution >= 4 is 18.2 Å². The summed E-state index contributed by atoms with van der Waals surface area (Å²) in [5.74, 6) is 0. The first-order valence-corrected chi connectivity index (χ1v) is 8.12. The molecule has 0 saturated heterocycles. The smallest absolute Gasteiger partial charge is 0.330 e. The molecule has 0 amide bonds. The van der Waals surface area contributed by atoms with Crippen molar-refractivity contribution < 1.29 is 13.6 Å². The van der Waals surface area contributed by atoms with Gasteiger partial charge in [-0.2, -0.15) is 0 Å². The fourth-order valence-electron chi connectivity index (χ4n) is 0.956. The molecule has 2 N–H and O–H groups in total. The molecule has 1 unspecified atom stereocenters. The summed E-state index contributed by atoms with van der Waals surface area (Å²) in [6.45, 7) is -1.61. The molecule has 0 aliphatic carbocycles. The van der Waals surface area contributed by atoms with Crippen LogP contribution in [0, 0.1) is 0 Å². The molecular weight excluding hydrogens is 221 g/mol. The maximum atomic E-state index is 11.5. The van der Waals surface area contributed by atoms with Crippen molar-refractivity contribution in [2.24, 2.45) is 5.73 Å². The van der Waals surface area contributed by atoms with Crippen LogP contribution in [0.1, 0.15) is 25.7 Å². The molecule has 0 bridgehead atoms. The molecule has 0 saturated carbocycles. The van der Waals surface area contributed by atoms with E-state index in [2.05, 4.69) is 0 Å². The van der Waals surface area contributed by atoms with E-state index in [9.17, 15) is 4.57 Å². The Morgan fingerprint density at radius 1 is 1.29 bits per heavy atom. The van der Waals surface area contributed by atoms with E-state index in [-0.39, 0.29) is 0 Å². The summed E-state index contributed by atoms with van der Waals surface area (Å²) in [5.41, 5.74) is 5.36. The van der Waals surface area contributed by atoms with Gasteiger partial charge in [-0.3, -0.25) is 0 Å². The Balaban J connectivity index is 3.39. The van der Waals surface area contributed by atoms with Gasteiger partial charge >= 0.3 is 6.80 Å². The maximum absolute atomic E-state index is 11.5. The Hall–Kier alpha value is 0.460. The lowest BCUT2D eigenvalue weighted by Gasteiger charge is -2.12. The molecule has 14 heavy (non-hydrogen) atoms. The molecule has 0 aliphatic rings. The SMILES string of the molecule is COP(=O)(OCCCCCCN)SC. The van der Waals surface area contributed by atoms with Crippen molar-refractivity contribution in [2.75, 3.05) is 26.5 Å². The van der Waals surface area contributed by atoms with Crippen LogP contribution in [0.5, 0.6) is 0 Å². The molecule has 1 atom stereocenters. The summed E-state index contributed by atoms with van der Waals surface area (Å²) < 4.78 is 21.5. The van der Waals surface area contributed by atoms with Gasteiger partial charge in [0.2, 0.25) is 0 Å². The number of nitrogens with two attached hydrogens (primary N) is 1. The fraction of sp³-hybridized carbons (Fsp3) is 1.00. The van der Waals surface area contributed by atoms with Crippen LogP contribution in [-0.4, -0.2) is 26.5 Å². The van der Waals surface area contributed by atoms with Crippen molar-refractivity contribution in [2.45, 2.75) is 25.7 Å². The van der Waals surface area contributed by atoms with E-state index in [1.165, 1.54) is 7.11 Å². The quantitative estimate of drug-likeness (QED) is 0.496. The summed E-state index contributed by atoms with van der Waals surface area (Å²) in [7, 11) is 1.41. The van der Waals surface area contributed by atoms with Gasteiger partial charge in [-0.05, 0) is 37.0 Å². The average molecular weight is 241 g/mol. The van der Waals surface area contributed by atoms with Gasteiger partial charge in [0.05, 0.1) is 6.61 Å². The molecule has 4 nitrogen and oxygen atoms in total. The molecule has 0 aliphatic heterocycles.